The predicted molar refractivity (Wildman–Crippen MR) is 78.0 cm³/mol. The number of alkyl carbamates (subject to hydrolysis) is 1. The molecule has 0 aliphatic heterocycles. The summed E-state index contributed by atoms with van der Waals surface area (Å²) >= 11 is 0. The number of rotatable bonds is 4. The van der Waals surface area contributed by atoms with E-state index in [1.165, 1.54) is 0 Å². The maximum Gasteiger partial charge on any atom is 0.407 e. The number of hydrogen-bond donors (Lipinski definition) is 1. The van der Waals surface area contributed by atoms with Gasteiger partial charge in [0.25, 0.3) is 10.1 Å². The number of carbonyl (C=O) groups excluding carboxylic acids is 1. The van der Waals surface area contributed by atoms with E-state index in [1.54, 1.807) is 0 Å². The second kappa shape index (κ2) is 6.76. The molecular weight excluding hydrogens is 282 g/mol. The largest absolute Gasteiger partial charge is 0.444 e. The van der Waals surface area contributed by atoms with Gasteiger partial charge in [-0.2, -0.15) is 8.42 Å². The van der Waals surface area contributed by atoms with Gasteiger partial charge < -0.3 is 10.1 Å². The molecule has 1 saturated carbocycles. The van der Waals surface area contributed by atoms with Gasteiger partial charge >= 0.3 is 6.09 Å². The van der Waals surface area contributed by atoms with Crippen LogP contribution in [0.3, 0.4) is 0 Å². The third kappa shape index (κ3) is 7.69. The summed E-state index contributed by atoms with van der Waals surface area (Å²) < 4.78 is 32.2. The van der Waals surface area contributed by atoms with Crippen molar-refractivity contribution in [2.24, 2.45) is 5.92 Å². The number of amides is 1. The minimum atomic E-state index is -3.38. The van der Waals surface area contributed by atoms with E-state index in [4.69, 9.17) is 8.92 Å². The molecule has 0 radical (unpaired) electrons. The molecule has 120 valence electrons. The van der Waals surface area contributed by atoms with Crippen LogP contribution in [0.4, 0.5) is 4.79 Å². The summed E-state index contributed by atoms with van der Waals surface area (Å²) in [6.07, 6.45) is 3.53. The first-order valence-electron chi connectivity index (χ1n) is 6.90. The third-order valence-electron chi connectivity index (χ3n) is 3.04. The lowest BCUT2D eigenvalue weighted by Gasteiger charge is -2.28. The third-order valence-corrected chi connectivity index (χ3v) is 3.66. The van der Waals surface area contributed by atoms with Crippen LogP contribution in [-0.2, 0) is 19.0 Å². The van der Waals surface area contributed by atoms with Gasteiger partial charge in [-0.3, -0.25) is 4.18 Å². The molecule has 0 aromatic rings. The maximum atomic E-state index is 11.5. The van der Waals surface area contributed by atoms with E-state index in [1.807, 2.05) is 20.8 Å². The summed E-state index contributed by atoms with van der Waals surface area (Å²) in [5, 5.41) is 2.75. The Bertz CT molecular complexity index is 424. The Morgan fingerprint density at radius 2 is 1.80 bits per heavy atom. The quantitative estimate of drug-likeness (QED) is 0.806. The van der Waals surface area contributed by atoms with Crippen LogP contribution in [0, 0.1) is 5.92 Å². The fraction of sp³-hybridized carbons (Fsp3) is 0.923. The smallest absolute Gasteiger partial charge is 0.407 e. The van der Waals surface area contributed by atoms with Crippen LogP contribution in [0.2, 0.25) is 0 Å². The normalized spacial score (nSPS) is 24.2. The van der Waals surface area contributed by atoms with E-state index in [0.29, 0.717) is 25.3 Å². The fourth-order valence-electron chi connectivity index (χ4n) is 2.22. The van der Waals surface area contributed by atoms with Crippen molar-refractivity contribution < 1.29 is 23.6 Å². The molecule has 0 saturated heterocycles. The lowest BCUT2D eigenvalue weighted by Crippen LogP contribution is -2.36. The van der Waals surface area contributed by atoms with Crippen molar-refractivity contribution in [3.05, 3.63) is 0 Å². The summed E-state index contributed by atoms with van der Waals surface area (Å²) in [5.74, 6) is 0.349. The number of ether oxygens (including phenoxy) is 1. The van der Waals surface area contributed by atoms with Gasteiger partial charge in [0.05, 0.1) is 12.4 Å². The summed E-state index contributed by atoms with van der Waals surface area (Å²) in [4.78, 5) is 11.5. The Labute approximate surface area is 122 Å². The van der Waals surface area contributed by atoms with Gasteiger partial charge in [-0.25, -0.2) is 4.79 Å². The molecule has 0 heterocycles. The predicted octanol–water partition coefficient (Wildman–Crippen LogP) is 2.29. The van der Waals surface area contributed by atoms with E-state index < -0.39 is 21.8 Å². The zero-order chi connectivity index (χ0) is 15.4. The van der Waals surface area contributed by atoms with Crippen molar-refractivity contribution in [2.45, 2.75) is 58.2 Å². The second-order valence-corrected chi connectivity index (χ2v) is 7.93. The summed E-state index contributed by atoms with van der Waals surface area (Å²) in [6, 6.07) is 0. The number of hydrogen-bond acceptors (Lipinski definition) is 5. The van der Waals surface area contributed by atoms with Crippen LogP contribution in [0.1, 0.15) is 47.9 Å². The Balaban J connectivity index is 0.00000400. The minimum absolute atomic E-state index is 0. The Morgan fingerprint density at radius 1 is 1.25 bits per heavy atom. The lowest BCUT2D eigenvalue weighted by atomic mass is 9.87. The van der Waals surface area contributed by atoms with Crippen LogP contribution in [0.25, 0.3) is 0 Å². The topological polar surface area (TPSA) is 81.7 Å². The van der Waals surface area contributed by atoms with Gasteiger partial charge in [-0.15, -0.1) is 0 Å². The monoisotopic (exact) mass is 309 g/mol. The van der Waals surface area contributed by atoms with Gasteiger partial charge in [-0.1, -0.05) is 0 Å². The molecule has 0 atom stereocenters. The molecule has 6 nitrogen and oxygen atoms in total. The van der Waals surface area contributed by atoms with Crippen LogP contribution in [0.15, 0.2) is 0 Å². The van der Waals surface area contributed by atoms with Crippen LogP contribution >= 0.6 is 0 Å². The van der Waals surface area contributed by atoms with Gasteiger partial charge in [0, 0.05) is 7.97 Å². The van der Waals surface area contributed by atoms with Crippen molar-refractivity contribution in [2.75, 3.05) is 12.8 Å². The number of nitrogens with one attached hydrogen (secondary N) is 1. The van der Waals surface area contributed by atoms with Crippen molar-refractivity contribution in [3.8, 4) is 0 Å². The van der Waals surface area contributed by atoms with Crippen LogP contribution in [-0.4, -0.2) is 39.0 Å². The Morgan fingerprint density at radius 3 is 2.25 bits per heavy atom. The van der Waals surface area contributed by atoms with E-state index >= 15 is 0 Å². The highest BCUT2D eigenvalue weighted by molar-refractivity contribution is 7.86. The summed E-state index contributed by atoms with van der Waals surface area (Å²) in [6.45, 7) is 6.02. The van der Waals surface area contributed by atoms with Gasteiger partial charge in [-0.05, 0) is 52.4 Å². The van der Waals surface area contributed by atoms with Crippen molar-refractivity contribution in [1.82, 2.24) is 5.32 Å². The van der Waals surface area contributed by atoms with Gasteiger partial charge in [0.15, 0.2) is 0 Å². The highest BCUT2D eigenvalue weighted by Gasteiger charge is 2.25. The molecule has 20 heavy (non-hydrogen) atoms. The van der Waals surface area contributed by atoms with Crippen LogP contribution < -0.4 is 5.32 Å². The summed E-state index contributed by atoms with van der Waals surface area (Å²) in [7, 11) is -3.38. The average Bonchev–Trinajstić information content (AvgIpc) is 2.23. The molecule has 1 rings (SSSR count). The van der Waals surface area contributed by atoms with Crippen molar-refractivity contribution >= 4 is 16.2 Å². The van der Waals surface area contributed by atoms with Crippen molar-refractivity contribution in [1.29, 1.82) is 0 Å². The SMILES string of the molecule is CC(C)(C)OC(=O)NCC1CCC(OS(C)(=O)=O)CC1.[HH]. The standard InChI is InChI=1S/C13H25NO5S.H2/c1-13(2,3)18-12(15)14-9-10-5-7-11(8-6-10)19-20(4,16)17;/h10-11H,5-9H2,1-4H3,(H,14,15);1H. The zero-order valence-electron chi connectivity index (χ0n) is 12.6. The molecule has 1 aliphatic carbocycles. The first kappa shape index (κ1) is 17.2. The lowest BCUT2D eigenvalue weighted by molar-refractivity contribution is 0.0509. The molecule has 0 spiro atoms. The fourth-order valence-corrected chi connectivity index (χ4v) is 2.91. The molecule has 0 bridgehead atoms. The highest BCUT2D eigenvalue weighted by Crippen LogP contribution is 2.26. The van der Waals surface area contributed by atoms with E-state index in [9.17, 15) is 13.2 Å². The van der Waals surface area contributed by atoms with Crippen LogP contribution in [0.5, 0.6) is 0 Å². The second-order valence-electron chi connectivity index (χ2n) is 6.33. The minimum Gasteiger partial charge on any atom is -0.444 e. The van der Waals surface area contributed by atoms with Gasteiger partial charge in [0.2, 0.25) is 0 Å². The maximum absolute atomic E-state index is 11.5. The molecule has 1 fully saturated rings. The van der Waals surface area contributed by atoms with E-state index in [2.05, 4.69) is 5.32 Å². The Hall–Kier alpha value is -0.820. The Kier molecular flexibility index (Phi) is 5.82. The van der Waals surface area contributed by atoms with E-state index in [-0.39, 0.29) is 7.53 Å². The summed E-state index contributed by atoms with van der Waals surface area (Å²) in [5.41, 5.74) is -0.495. The first-order valence-corrected chi connectivity index (χ1v) is 8.72. The van der Waals surface area contributed by atoms with E-state index in [0.717, 1.165) is 19.1 Å². The zero-order valence-corrected chi connectivity index (χ0v) is 13.5. The molecule has 1 amide bonds. The number of carbonyl (C=O) groups is 1. The molecule has 1 aliphatic rings. The molecular formula is C13H27NO5S. The first-order chi connectivity index (χ1) is 9.05. The molecule has 0 unspecified atom stereocenters. The average molecular weight is 309 g/mol. The molecule has 0 aromatic heterocycles. The molecule has 7 heteroatoms. The molecule has 0 aromatic carbocycles. The highest BCUT2D eigenvalue weighted by atomic mass is 32.2. The van der Waals surface area contributed by atoms with Gasteiger partial charge in [0.1, 0.15) is 5.60 Å². The molecule has 1 N–H and O–H groups in total. The van der Waals surface area contributed by atoms with Crippen molar-refractivity contribution in [3.63, 3.8) is 0 Å².